The molecule has 6 nitrogen and oxygen atoms in total. The summed E-state index contributed by atoms with van der Waals surface area (Å²) in [5.41, 5.74) is 13.3. The van der Waals surface area contributed by atoms with Crippen molar-refractivity contribution in [2.45, 2.75) is 80.1 Å². The molecule has 0 fully saturated rings. The van der Waals surface area contributed by atoms with Gasteiger partial charge in [0, 0.05) is 40.7 Å². The van der Waals surface area contributed by atoms with Crippen molar-refractivity contribution in [3.8, 4) is 39.9 Å². The van der Waals surface area contributed by atoms with Crippen molar-refractivity contribution in [1.82, 2.24) is 19.3 Å². The van der Waals surface area contributed by atoms with Gasteiger partial charge >= 0.3 is 0 Å². The van der Waals surface area contributed by atoms with E-state index >= 15 is 0 Å². The summed E-state index contributed by atoms with van der Waals surface area (Å²) in [6.07, 6.45) is 8.15. The van der Waals surface area contributed by atoms with E-state index in [0.29, 0.717) is 0 Å². The van der Waals surface area contributed by atoms with Crippen LogP contribution in [0.2, 0.25) is 0 Å². The molecule has 0 unspecified atom stereocenters. The molecule has 7 aromatic rings. The summed E-state index contributed by atoms with van der Waals surface area (Å²) < 4.78 is 16.7. The van der Waals surface area contributed by atoms with Crippen LogP contribution in [0.15, 0.2) is 91.1 Å². The third kappa shape index (κ3) is 6.63. The van der Waals surface area contributed by atoms with E-state index in [4.69, 9.17) is 19.6 Å². The van der Waals surface area contributed by atoms with Crippen LogP contribution in [-0.2, 0) is 12.8 Å². The zero-order valence-electron chi connectivity index (χ0n) is 31.0. The van der Waals surface area contributed by atoms with Gasteiger partial charge in [-0.1, -0.05) is 62.6 Å². The molecule has 3 heterocycles. The number of methoxy groups -OCH3 is 1. The molecule has 6 heteroatoms. The van der Waals surface area contributed by atoms with Crippen LogP contribution in [0.25, 0.3) is 44.4 Å². The lowest BCUT2D eigenvalue weighted by molar-refractivity contribution is 0.414. The first-order valence-corrected chi connectivity index (χ1v) is 18.3. The topological polar surface area (TPSA) is 54.1 Å². The van der Waals surface area contributed by atoms with Crippen molar-refractivity contribution in [2.24, 2.45) is 0 Å². The van der Waals surface area contributed by atoms with Gasteiger partial charge in [0.05, 0.1) is 35.2 Å². The molecule has 0 aliphatic rings. The van der Waals surface area contributed by atoms with Gasteiger partial charge in [-0.05, 0) is 112 Å². The highest BCUT2D eigenvalue weighted by atomic mass is 16.5. The quantitative estimate of drug-likeness (QED) is 0.129. The number of nitrogens with zero attached hydrogens (tertiary/aromatic N) is 4. The normalized spacial score (nSPS) is 11.5. The molecule has 260 valence electrons. The van der Waals surface area contributed by atoms with Crippen LogP contribution in [0.1, 0.15) is 73.2 Å². The molecule has 0 radical (unpaired) electrons. The van der Waals surface area contributed by atoms with Crippen molar-refractivity contribution in [3.05, 3.63) is 125 Å². The second-order valence-electron chi connectivity index (χ2n) is 13.9. The van der Waals surface area contributed by atoms with Gasteiger partial charge in [0.2, 0.25) is 0 Å². The first-order valence-electron chi connectivity index (χ1n) is 18.3. The van der Waals surface area contributed by atoms with Gasteiger partial charge in [-0.2, -0.15) is 5.10 Å². The Bertz CT molecular complexity index is 2340. The zero-order valence-corrected chi connectivity index (χ0v) is 31.0. The van der Waals surface area contributed by atoms with Crippen molar-refractivity contribution in [1.29, 1.82) is 0 Å². The fourth-order valence-electron chi connectivity index (χ4n) is 7.63. The van der Waals surface area contributed by atoms with E-state index in [9.17, 15) is 0 Å². The lowest BCUT2D eigenvalue weighted by Crippen LogP contribution is -2.05. The van der Waals surface area contributed by atoms with Gasteiger partial charge in [0.15, 0.2) is 0 Å². The number of pyridine rings is 1. The molecular weight excluding hydrogens is 629 g/mol. The highest BCUT2D eigenvalue weighted by Crippen LogP contribution is 2.39. The molecule has 0 N–H and O–H groups in total. The monoisotopic (exact) mass is 676 g/mol. The van der Waals surface area contributed by atoms with Crippen LogP contribution < -0.4 is 9.47 Å². The Morgan fingerprint density at radius 2 is 1.37 bits per heavy atom. The molecule has 0 aliphatic heterocycles. The number of aromatic nitrogens is 4. The van der Waals surface area contributed by atoms with Crippen LogP contribution in [0, 0.1) is 27.7 Å². The minimum Gasteiger partial charge on any atom is -0.497 e. The SMILES string of the molecule is CCCCc1nn(-c2cc(C)cc(Oc3ccc4c5ccccc5n(-c5cc(OC)ccn5)c4c3)c2)c(CCCC)c1-c1c(C)cc(C)cc1C. The number of ether oxygens (including phenoxy) is 2. The van der Waals surface area contributed by atoms with E-state index in [-0.39, 0.29) is 0 Å². The molecule has 0 saturated carbocycles. The Balaban J connectivity index is 1.34. The molecule has 7 rings (SSSR count). The molecule has 0 bridgehead atoms. The Hall–Kier alpha value is -5.36. The summed E-state index contributed by atoms with van der Waals surface area (Å²) in [5.74, 6) is 3.09. The van der Waals surface area contributed by atoms with Crippen LogP contribution in [-0.4, -0.2) is 26.4 Å². The summed E-state index contributed by atoms with van der Waals surface area (Å²) >= 11 is 0. The van der Waals surface area contributed by atoms with Crippen molar-refractivity contribution in [2.75, 3.05) is 7.11 Å². The maximum Gasteiger partial charge on any atom is 0.141 e. The number of benzene rings is 4. The second-order valence-corrected chi connectivity index (χ2v) is 13.9. The summed E-state index contributed by atoms with van der Waals surface area (Å²) in [6, 6.07) is 29.7. The first-order chi connectivity index (χ1) is 24.8. The Morgan fingerprint density at radius 3 is 2.14 bits per heavy atom. The molecule has 0 amide bonds. The number of para-hydroxylation sites is 1. The van der Waals surface area contributed by atoms with E-state index < -0.39 is 0 Å². The summed E-state index contributed by atoms with van der Waals surface area (Å²) in [7, 11) is 1.68. The molecule has 0 saturated heterocycles. The fourth-order valence-corrected chi connectivity index (χ4v) is 7.63. The van der Waals surface area contributed by atoms with E-state index in [1.807, 2.05) is 12.1 Å². The van der Waals surface area contributed by atoms with Gasteiger partial charge in [-0.25, -0.2) is 9.67 Å². The van der Waals surface area contributed by atoms with Gasteiger partial charge < -0.3 is 9.47 Å². The maximum atomic E-state index is 6.72. The van der Waals surface area contributed by atoms with Crippen LogP contribution in [0.5, 0.6) is 17.2 Å². The van der Waals surface area contributed by atoms with Gasteiger partial charge in [0.1, 0.15) is 23.1 Å². The standard InChI is InChI=1S/C45H48N4O2/c1-8-10-15-39-45(44-31(5)22-29(3)23-32(44)6)41(16-11-9-2)49(47-39)33-24-30(4)25-36(26-33)51-35-18-19-38-37-14-12-13-17-40(37)48(42(38)27-35)43-28-34(50-7)20-21-46-43/h12-14,17-28H,8-11,15-16H2,1-7H3. The largest absolute Gasteiger partial charge is 0.497 e. The smallest absolute Gasteiger partial charge is 0.141 e. The minimum absolute atomic E-state index is 0.757. The average Bonchev–Trinajstić information content (AvgIpc) is 3.64. The lowest BCUT2D eigenvalue weighted by atomic mass is 9.90. The van der Waals surface area contributed by atoms with Crippen molar-refractivity contribution >= 4 is 21.8 Å². The van der Waals surface area contributed by atoms with E-state index in [0.717, 1.165) is 94.6 Å². The van der Waals surface area contributed by atoms with Gasteiger partial charge in [0.25, 0.3) is 0 Å². The molecule has 0 atom stereocenters. The Kier molecular flexibility index (Phi) is 9.68. The van der Waals surface area contributed by atoms with Gasteiger partial charge in [-0.15, -0.1) is 0 Å². The van der Waals surface area contributed by atoms with Crippen LogP contribution in [0.4, 0.5) is 0 Å². The van der Waals surface area contributed by atoms with E-state index in [1.54, 1.807) is 13.3 Å². The molecular formula is C45H48N4O2. The third-order valence-electron chi connectivity index (χ3n) is 9.86. The maximum absolute atomic E-state index is 6.72. The predicted molar refractivity (Wildman–Crippen MR) is 210 cm³/mol. The lowest BCUT2D eigenvalue weighted by Gasteiger charge is -2.16. The number of fused-ring (bicyclic) bond motifs is 3. The Labute approximate surface area is 301 Å². The number of aryl methyl sites for hydroxylation is 5. The molecule has 51 heavy (non-hydrogen) atoms. The van der Waals surface area contributed by atoms with Crippen molar-refractivity contribution < 1.29 is 9.47 Å². The second kappa shape index (κ2) is 14.5. The molecule has 0 aliphatic carbocycles. The number of hydrogen-bond acceptors (Lipinski definition) is 4. The zero-order chi connectivity index (χ0) is 35.6. The fraction of sp³-hybridized carbons (Fsp3) is 0.289. The minimum atomic E-state index is 0.757. The average molecular weight is 677 g/mol. The van der Waals surface area contributed by atoms with E-state index in [2.05, 4.69) is 124 Å². The number of hydrogen-bond donors (Lipinski definition) is 0. The number of rotatable bonds is 12. The number of unbranched alkanes of at least 4 members (excludes halogenated alkanes) is 2. The van der Waals surface area contributed by atoms with Crippen LogP contribution in [0.3, 0.4) is 0 Å². The highest BCUT2D eigenvalue weighted by Gasteiger charge is 2.23. The van der Waals surface area contributed by atoms with Crippen LogP contribution >= 0.6 is 0 Å². The van der Waals surface area contributed by atoms with Gasteiger partial charge in [-0.3, -0.25) is 4.57 Å². The summed E-state index contributed by atoms with van der Waals surface area (Å²) in [5, 5.41) is 7.70. The Morgan fingerprint density at radius 1 is 0.647 bits per heavy atom. The van der Waals surface area contributed by atoms with Crippen molar-refractivity contribution in [3.63, 3.8) is 0 Å². The third-order valence-corrected chi connectivity index (χ3v) is 9.86. The molecule has 3 aromatic heterocycles. The molecule has 4 aromatic carbocycles. The summed E-state index contributed by atoms with van der Waals surface area (Å²) in [6.45, 7) is 13.3. The van der Waals surface area contributed by atoms with E-state index in [1.165, 1.54) is 39.2 Å². The first kappa shape index (κ1) is 34.1. The predicted octanol–water partition coefficient (Wildman–Crippen LogP) is 11.8. The summed E-state index contributed by atoms with van der Waals surface area (Å²) in [4.78, 5) is 4.73. The molecule has 0 spiro atoms. The highest BCUT2D eigenvalue weighted by molar-refractivity contribution is 6.09.